The zero-order chi connectivity index (χ0) is 11.5. The maximum atomic E-state index is 4.19. The molecule has 7 heteroatoms. The Morgan fingerprint density at radius 3 is 2.75 bits per heavy atom. The van der Waals surface area contributed by atoms with Crippen molar-refractivity contribution in [2.45, 2.75) is 26.8 Å². The van der Waals surface area contributed by atoms with Crippen LogP contribution in [0.5, 0.6) is 0 Å². The largest absolute Gasteiger partial charge is 0.308 e. The molecule has 1 N–H and O–H groups in total. The first-order valence-electron chi connectivity index (χ1n) is 5.08. The van der Waals surface area contributed by atoms with Gasteiger partial charge in [-0.05, 0) is 31.9 Å². The van der Waals surface area contributed by atoms with Gasteiger partial charge in [0.25, 0.3) is 0 Å². The molecule has 16 heavy (non-hydrogen) atoms. The maximum Gasteiger partial charge on any atom is 0.161 e. The van der Waals surface area contributed by atoms with Crippen LogP contribution in [0.25, 0.3) is 9.88 Å². The predicted molar refractivity (Wildman–Crippen MR) is 65.6 cm³/mol. The van der Waals surface area contributed by atoms with Gasteiger partial charge in [-0.2, -0.15) is 0 Å². The lowest BCUT2D eigenvalue weighted by Crippen LogP contribution is -2.17. The lowest BCUT2D eigenvalue weighted by atomic mass is 10.3. The zero-order valence-electron chi connectivity index (χ0n) is 9.39. The fraction of sp³-hybridized carbons (Fsp3) is 0.556. The van der Waals surface area contributed by atoms with Gasteiger partial charge in [0.05, 0.1) is 11.7 Å². The molecule has 2 aromatic rings. The van der Waals surface area contributed by atoms with Crippen LogP contribution in [0, 0.1) is 6.92 Å². The topological polar surface area (TPSA) is 63.6 Å². The molecule has 0 spiro atoms. The Balaban J connectivity index is 2.23. The number of hydrogen-bond donors (Lipinski definition) is 1. The van der Waals surface area contributed by atoms with Crippen LogP contribution >= 0.6 is 22.9 Å². The first-order valence-corrected chi connectivity index (χ1v) is 6.67. The van der Waals surface area contributed by atoms with Gasteiger partial charge in [-0.3, -0.25) is 0 Å². The van der Waals surface area contributed by atoms with Gasteiger partial charge in [0.2, 0.25) is 0 Å². The van der Waals surface area contributed by atoms with Gasteiger partial charge in [-0.15, -0.1) is 15.3 Å². The lowest BCUT2D eigenvalue weighted by Gasteiger charge is -2.06. The van der Waals surface area contributed by atoms with Gasteiger partial charge < -0.3 is 5.32 Å². The Morgan fingerprint density at radius 2 is 2.12 bits per heavy atom. The average Bonchev–Trinajstić information content (AvgIpc) is 2.86. The molecule has 0 saturated carbocycles. The molecular weight excluding hydrogens is 242 g/mol. The summed E-state index contributed by atoms with van der Waals surface area (Å²) in [6.45, 7) is 7.03. The molecule has 0 aromatic carbocycles. The minimum Gasteiger partial charge on any atom is -0.308 e. The highest BCUT2D eigenvalue weighted by Crippen LogP contribution is 2.30. The van der Waals surface area contributed by atoms with Crippen molar-refractivity contribution in [3.05, 3.63) is 10.7 Å². The summed E-state index contributed by atoms with van der Waals surface area (Å²) in [7, 11) is 0. The third kappa shape index (κ3) is 2.26. The molecular formula is C9H13N5S2. The number of nitrogens with one attached hydrogen (secondary N) is 1. The van der Waals surface area contributed by atoms with Crippen molar-refractivity contribution in [2.75, 3.05) is 6.54 Å². The average molecular weight is 255 g/mol. The molecule has 2 aromatic heterocycles. The van der Waals surface area contributed by atoms with E-state index in [4.69, 9.17) is 0 Å². The van der Waals surface area contributed by atoms with Crippen LogP contribution in [0.2, 0.25) is 0 Å². The molecule has 0 radical (unpaired) electrons. The molecule has 5 nitrogen and oxygen atoms in total. The second-order valence-electron chi connectivity index (χ2n) is 3.41. The Labute approximate surface area is 102 Å². The first kappa shape index (κ1) is 11.6. The first-order chi connectivity index (χ1) is 7.72. The van der Waals surface area contributed by atoms with Crippen LogP contribution in [-0.2, 0) is 0 Å². The van der Waals surface area contributed by atoms with E-state index in [2.05, 4.69) is 38.9 Å². The van der Waals surface area contributed by atoms with E-state index in [-0.39, 0.29) is 6.04 Å². The van der Waals surface area contributed by atoms with E-state index in [9.17, 15) is 0 Å². The van der Waals surface area contributed by atoms with E-state index in [1.54, 1.807) is 11.3 Å². The highest BCUT2D eigenvalue weighted by atomic mass is 32.1. The van der Waals surface area contributed by atoms with Crippen molar-refractivity contribution < 1.29 is 0 Å². The van der Waals surface area contributed by atoms with Crippen LogP contribution in [0.15, 0.2) is 0 Å². The molecule has 86 valence electrons. The van der Waals surface area contributed by atoms with E-state index >= 15 is 0 Å². The van der Waals surface area contributed by atoms with E-state index in [0.717, 1.165) is 27.1 Å². The third-order valence-electron chi connectivity index (χ3n) is 2.17. The van der Waals surface area contributed by atoms with E-state index in [1.807, 2.05) is 6.92 Å². The Bertz CT molecular complexity index is 464. The standard InChI is InChI=1S/C9H13N5S2/c1-4-10-6(3)8-12-13-9(15-8)7-5(2)11-14-16-7/h6,10H,4H2,1-3H3. The van der Waals surface area contributed by atoms with Crippen LogP contribution in [-0.4, -0.2) is 26.3 Å². The van der Waals surface area contributed by atoms with Gasteiger partial charge >= 0.3 is 0 Å². The Hall–Kier alpha value is -0.920. The summed E-state index contributed by atoms with van der Waals surface area (Å²) in [6, 6.07) is 0.248. The Kier molecular flexibility index (Phi) is 3.57. The van der Waals surface area contributed by atoms with Gasteiger partial charge in [0.15, 0.2) is 5.01 Å². The third-order valence-corrected chi connectivity index (χ3v) is 4.25. The number of hydrogen-bond acceptors (Lipinski definition) is 7. The lowest BCUT2D eigenvalue weighted by molar-refractivity contribution is 0.590. The summed E-state index contributed by atoms with van der Waals surface area (Å²) >= 11 is 2.97. The summed E-state index contributed by atoms with van der Waals surface area (Å²) in [6.07, 6.45) is 0. The number of aryl methyl sites for hydroxylation is 1. The molecule has 0 aliphatic heterocycles. The van der Waals surface area contributed by atoms with E-state index in [1.165, 1.54) is 11.5 Å². The molecule has 0 amide bonds. The van der Waals surface area contributed by atoms with Crippen LogP contribution < -0.4 is 5.32 Å². The molecule has 2 rings (SSSR count). The second kappa shape index (κ2) is 4.94. The number of nitrogens with zero attached hydrogens (tertiary/aromatic N) is 4. The van der Waals surface area contributed by atoms with Gasteiger partial charge in [0.1, 0.15) is 9.88 Å². The maximum absolute atomic E-state index is 4.19. The van der Waals surface area contributed by atoms with E-state index in [0.29, 0.717) is 0 Å². The smallest absolute Gasteiger partial charge is 0.161 e. The SMILES string of the molecule is CCNC(C)c1nnc(-c2snnc2C)s1. The summed E-state index contributed by atoms with van der Waals surface area (Å²) in [4.78, 5) is 1.02. The van der Waals surface area contributed by atoms with Crippen molar-refractivity contribution in [1.82, 2.24) is 25.1 Å². The molecule has 0 saturated heterocycles. The van der Waals surface area contributed by atoms with Crippen molar-refractivity contribution >= 4 is 22.9 Å². The van der Waals surface area contributed by atoms with Crippen molar-refractivity contribution in [3.8, 4) is 9.88 Å². The summed E-state index contributed by atoms with van der Waals surface area (Å²) < 4.78 is 3.90. The van der Waals surface area contributed by atoms with Gasteiger partial charge in [-0.25, -0.2) is 0 Å². The van der Waals surface area contributed by atoms with Crippen molar-refractivity contribution in [2.24, 2.45) is 0 Å². The van der Waals surface area contributed by atoms with Gasteiger partial charge in [-0.1, -0.05) is 22.7 Å². The number of aromatic nitrogens is 4. The van der Waals surface area contributed by atoms with Crippen molar-refractivity contribution in [3.63, 3.8) is 0 Å². The summed E-state index contributed by atoms with van der Waals surface area (Å²) in [5, 5.41) is 17.6. The van der Waals surface area contributed by atoms with Gasteiger partial charge in [0, 0.05) is 0 Å². The molecule has 1 unspecified atom stereocenters. The molecule has 0 aliphatic carbocycles. The normalized spacial score (nSPS) is 12.9. The molecule has 0 aliphatic rings. The fourth-order valence-electron chi connectivity index (χ4n) is 1.32. The second-order valence-corrected chi connectivity index (χ2v) is 5.18. The highest BCUT2D eigenvalue weighted by Gasteiger charge is 2.15. The zero-order valence-corrected chi connectivity index (χ0v) is 11.0. The Morgan fingerprint density at radius 1 is 1.31 bits per heavy atom. The minimum absolute atomic E-state index is 0.248. The highest BCUT2D eigenvalue weighted by molar-refractivity contribution is 7.19. The number of rotatable bonds is 4. The van der Waals surface area contributed by atoms with Crippen LogP contribution in [0.3, 0.4) is 0 Å². The fourth-order valence-corrected chi connectivity index (χ4v) is 2.96. The van der Waals surface area contributed by atoms with E-state index < -0.39 is 0 Å². The predicted octanol–water partition coefficient (Wildman–Crippen LogP) is 2.04. The molecule has 0 bridgehead atoms. The molecule has 2 heterocycles. The summed E-state index contributed by atoms with van der Waals surface area (Å²) in [5.41, 5.74) is 0.920. The van der Waals surface area contributed by atoms with Crippen molar-refractivity contribution in [1.29, 1.82) is 0 Å². The minimum atomic E-state index is 0.248. The van der Waals surface area contributed by atoms with Crippen LogP contribution in [0.1, 0.15) is 30.6 Å². The molecule has 0 fully saturated rings. The quantitative estimate of drug-likeness (QED) is 0.905. The molecule has 1 atom stereocenters. The summed E-state index contributed by atoms with van der Waals surface area (Å²) in [5.74, 6) is 0. The van der Waals surface area contributed by atoms with Crippen LogP contribution in [0.4, 0.5) is 0 Å². The monoisotopic (exact) mass is 255 g/mol.